The van der Waals surface area contributed by atoms with Crippen LogP contribution in [0, 0.1) is 0 Å². The molecule has 0 aromatic heterocycles. The van der Waals surface area contributed by atoms with Gasteiger partial charge in [0.25, 0.3) is 0 Å². The van der Waals surface area contributed by atoms with Crippen LogP contribution in [0.25, 0.3) is 0 Å². The number of hydrogen-bond acceptors (Lipinski definition) is 2. The van der Waals surface area contributed by atoms with Crippen molar-refractivity contribution in [2.45, 2.75) is 25.8 Å². The molecule has 0 bridgehead atoms. The van der Waals surface area contributed by atoms with Gasteiger partial charge in [0.05, 0.1) is 6.61 Å². The summed E-state index contributed by atoms with van der Waals surface area (Å²) >= 11 is 0. The SMILES string of the molecule is C[C@@H](N)Cc1cccc2c1OCC2. The largest absolute Gasteiger partial charge is 0.493 e. The zero-order valence-electron chi connectivity index (χ0n) is 7.92. The highest BCUT2D eigenvalue weighted by Gasteiger charge is 2.15. The van der Waals surface area contributed by atoms with Gasteiger partial charge < -0.3 is 10.5 Å². The fourth-order valence-electron chi connectivity index (χ4n) is 1.79. The molecule has 0 fully saturated rings. The molecule has 0 radical (unpaired) electrons. The predicted molar refractivity (Wildman–Crippen MR) is 53.0 cm³/mol. The van der Waals surface area contributed by atoms with Crippen LogP contribution in [0.5, 0.6) is 5.75 Å². The first-order chi connectivity index (χ1) is 6.27. The topological polar surface area (TPSA) is 35.2 Å². The Morgan fingerprint density at radius 3 is 3.15 bits per heavy atom. The highest BCUT2D eigenvalue weighted by molar-refractivity contribution is 5.44. The smallest absolute Gasteiger partial charge is 0.125 e. The average molecular weight is 177 g/mol. The van der Waals surface area contributed by atoms with Crippen LogP contribution in [-0.2, 0) is 12.8 Å². The van der Waals surface area contributed by atoms with Crippen LogP contribution < -0.4 is 10.5 Å². The molecule has 0 unspecified atom stereocenters. The molecule has 0 spiro atoms. The molecule has 1 aliphatic rings. The van der Waals surface area contributed by atoms with Gasteiger partial charge in [0.1, 0.15) is 5.75 Å². The Morgan fingerprint density at radius 1 is 1.54 bits per heavy atom. The minimum atomic E-state index is 0.204. The van der Waals surface area contributed by atoms with Crippen molar-refractivity contribution in [2.75, 3.05) is 6.61 Å². The first kappa shape index (κ1) is 8.57. The normalized spacial score (nSPS) is 16.5. The first-order valence-electron chi connectivity index (χ1n) is 4.76. The van der Waals surface area contributed by atoms with E-state index in [0.717, 1.165) is 25.2 Å². The second-order valence-electron chi connectivity index (χ2n) is 3.69. The summed E-state index contributed by atoms with van der Waals surface area (Å²) in [6, 6.07) is 6.53. The average Bonchev–Trinajstić information content (AvgIpc) is 2.51. The van der Waals surface area contributed by atoms with Gasteiger partial charge in [-0.25, -0.2) is 0 Å². The summed E-state index contributed by atoms with van der Waals surface area (Å²) < 4.78 is 5.57. The van der Waals surface area contributed by atoms with E-state index >= 15 is 0 Å². The van der Waals surface area contributed by atoms with E-state index in [1.54, 1.807) is 0 Å². The van der Waals surface area contributed by atoms with Gasteiger partial charge in [-0.1, -0.05) is 18.2 Å². The Labute approximate surface area is 78.7 Å². The van der Waals surface area contributed by atoms with Crippen LogP contribution in [0.2, 0.25) is 0 Å². The van der Waals surface area contributed by atoms with Gasteiger partial charge in [-0.3, -0.25) is 0 Å². The third kappa shape index (κ3) is 1.68. The number of hydrogen-bond donors (Lipinski definition) is 1. The van der Waals surface area contributed by atoms with E-state index in [0.29, 0.717) is 0 Å². The van der Waals surface area contributed by atoms with Gasteiger partial charge in [-0.05, 0) is 24.5 Å². The molecule has 0 saturated carbocycles. The van der Waals surface area contributed by atoms with Crippen molar-refractivity contribution in [1.82, 2.24) is 0 Å². The third-order valence-electron chi connectivity index (χ3n) is 2.34. The molecule has 1 aromatic rings. The van der Waals surface area contributed by atoms with Gasteiger partial charge >= 0.3 is 0 Å². The quantitative estimate of drug-likeness (QED) is 0.743. The molecule has 0 saturated heterocycles. The van der Waals surface area contributed by atoms with Crippen LogP contribution in [0.1, 0.15) is 18.1 Å². The Bertz CT molecular complexity index is 307. The van der Waals surface area contributed by atoms with E-state index in [4.69, 9.17) is 10.5 Å². The molecule has 1 aliphatic heterocycles. The first-order valence-corrected chi connectivity index (χ1v) is 4.76. The standard InChI is InChI=1S/C11H15NO/c1-8(12)7-10-4-2-3-9-5-6-13-11(9)10/h2-4,8H,5-7,12H2,1H3/t8-/m1/s1. The number of benzene rings is 1. The zero-order chi connectivity index (χ0) is 9.26. The summed E-state index contributed by atoms with van der Waals surface area (Å²) in [4.78, 5) is 0. The Morgan fingerprint density at radius 2 is 2.38 bits per heavy atom. The van der Waals surface area contributed by atoms with Crippen molar-refractivity contribution in [3.05, 3.63) is 29.3 Å². The van der Waals surface area contributed by atoms with Crippen molar-refractivity contribution in [1.29, 1.82) is 0 Å². The molecule has 0 aliphatic carbocycles. The van der Waals surface area contributed by atoms with Gasteiger partial charge in [-0.15, -0.1) is 0 Å². The number of rotatable bonds is 2. The van der Waals surface area contributed by atoms with Crippen LogP contribution in [0.15, 0.2) is 18.2 Å². The van der Waals surface area contributed by atoms with E-state index in [1.807, 2.05) is 6.92 Å². The van der Waals surface area contributed by atoms with Crippen molar-refractivity contribution in [3.63, 3.8) is 0 Å². The van der Waals surface area contributed by atoms with Crippen molar-refractivity contribution in [3.8, 4) is 5.75 Å². The lowest BCUT2D eigenvalue weighted by atomic mass is 10.0. The van der Waals surface area contributed by atoms with Crippen molar-refractivity contribution in [2.24, 2.45) is 5.73 Å². The highest BCUT2D eigenvalue weighted by atomic mass is 16.5. The molecule has 70 valence electrons. The molecule has 13 heavy (non-hydrogen) atoms. The van der Waals surface area contributed by atoms with Crippen LogP contribution in [0.4, 0.5) is 0 Å². The minimum absolute atomic E-state index is 0.204. The summed E-state index contributed by atoms with van der Waals surface area (Å²) in [6.07, 6.45) is 1.95. The zero-order valence-corrected chi connectivity index (χ0v) is 7.92. The molecular weight excluding hydrogens is 162 g/mol. The number of para-hydroxylation sites is 1. The van der Waals surface area contributed by atoms with Gasteiger partial charge in [0.2, 0.25) is 0 Å². The predicted octanol–water partition coefficient (Wildman–Crippen LogP) is 1.51. The molecule has 2 N–H and O–H groups in total. The molecule has 1 heterocycles. The van der Waals surface area contributed by atoms with Crippen LogP contribution in [0.3, 0.4) is 0 Å². The lowest BCUT2D eigenvalue weighted by molar-refractivity contribution is 0.352. The van der Waals surface area contributed by atoms with Crippen molar-refractivity contribution < 1.29 is 4.74 Å². The van der Waals surface area contributed by atoms with Gasteiger partial charge in [0.15, 0.2) is 0 Å². The maximum absolute atomic E-state index is 5.76. The van der Waals surface area contributed by atoms with E-state index in [-0.39, 0.29) is 6.04 Å². The lowest BCUT2D eigenvalue weighted by Gasteiger charge is -2.09. The monoisotopic (exact) mass is 177 g/mol. The Hall–Kier alpha value is -1.02. The van der Waals surface area contributed by atoms with Gasteiger partial charge in [0, 0.05) is 12.5 Å². The molecule has 2 heteroatoms. The lowest BCUT2D eigenvalue weighted by Crippen LogP contribution is -2.18. The number of nitrogens with two attached hydrogens (primary N) is 1. The van der Waals surface area contributed by atoms with E-state index in [1.165, 1.54) is 11.1 Å². The molecule has 2 rings (SSSR count). The summed E-state index contributed by atoms with van der Waals surface area (Å²) in [5.74, 6) is 1.08. The summed E-state index contributed by atoms with van der Waals surface area (Å²) in [5, 5.41) is 0. The van der Waals surface area contributed by atoms with Crippen molar-refractivity contribution >= 4 is 0 Å². The number of ether oxygens (including phenoxy) is 1. The van der Waals surface area contributed by atoms with E-state index in [9.17, 15) is 0 Å². The molecular formula is C11H15NO. The molecule has 0 amide bonds. The third-order valence-corrected chi connectivity index (χ3v) is 2.34. The minimum Gasteiger partial charge on any atom is -0.493 e. The maximum Gasteiger partial charge on any atom is 0.125 e. The summed E-state index contributed by atoms with van der Waals surface area (Å²) in [5.41, 5.74) is 8.35. The second kappa shape index (κ2) is 3.38. The number of fused-ring (bicyclic) bond motifs is 1. The summed E-state index contributed by atoms with van der Waals surface area (Å²) in [7, 11) is 0. The Balaban J connectivity index is 2.30. The molecule has 2 nitrogen and oxygen atoms in total. The summed E-state index contributed by atoms with van der Waals surface area (Å²) in [6.45, 7) is 2.85. The van der Waals surface area contributed by atoms with E-state index in [2.05, 4.69) is 18.2 Å². The second-order valence-corrected chi connectivity index (χ2v) is 3.69. The Kier molecular flexibility index (Phi) is 2.23. The highest BCUT2D eigenvalue weighted by Crippen LogP contribution is 2.29. The van der Waals surface area contributed by atoms with E-state index < -0.39 is 0 Å². The maximum atomic E-state index is 5.76. The molecule has 1 atom stereocenters. The van der Waals surface area contributed by atoms with Crippen LogP contribution >= 0.6 is 0 Å². The fourth-order valence-corrected chi connectivity index (χ4v) is 1.79. The van der Waals surface area contributed by atoms with Gasteiger partial charge in [-0.2, -0.15) is 0 Å². The fraction of sp³-hybridized carbons (Fsp3) is 0.455. The van der Waals surface area contributed by atoms with Crippen LogP contribution in [-0.4, -0.2) is 12.6 Å². The molecule has 1 aromatic carbocycles.